The summed E-state index contributed by atoms with van der Waals surface area (Å²) in [5.74, 6) is 0.726. The quantitative estimate of drug-likeness (QED) is 0.668. The van der Waals surface area contributed by atoms with Crippen molar-refractivity contribution in [1.82, 2.24) is 19.5 Å². The smallest absolute Gasteiger partial charge is 0.410 e. The lowest BCUT2D eigenvalue weighted by atomic mass is 10.2. The number of fused-ring (bicyclic) bond motifs is 1. The van der Waals surface area contributed by atoms with Gasteiger partial charge in [0.25, 0.3) is 0 Å². The summed E-state index contributed by atoms with van der Waals surface area (Å²) < 4.78 is 7.14. The van der Waals surface area contributed by atoms with Crippen LogP contribution in [0.4, 0.5) is 10.6 Å². The van der Waals surface area contributed by atoms with Crippen LogP contribution in [0.5, 0.6) is 0 Å². The molecule has 1 aromatic carbocycles. The predicted molar refractivity (Wildman–Crippen MR) is 110 cm³/mol. The molecule has 0 aliphatic carbocycles. The summed E-state index contributed by atoms with van der Waals surface area (Å²) in [4.78, 5) is 18.4. The predicted octanol–water partition coefficient (Wildman–Crippen LogP) is 4.06. The second kappa shape index (κ2) is 8.73. The van der Waals surface area contributed by atoms with E-state index < -0.39 is 0 Å². The first-order chi connectivity index (χ1) is 13.5. The molecule has 0 unspecified atom stereocenters. The largest absolute Gasteiger partial charge is 0.447 e. The molecule has 3 rings (SSSR count). The number of amides is 1. The van der Waals surface area contributed by atoms with Gasteiger partial charge in [0.1, 0.15) is 5.82 Å². The lowest BCUT2D eigenvalue weighted by Gasteiger charge is -2.27. The molecule has 0 bridgehead atoms. The normalized spacial score (nSPS) is 11.2. The van der Waals surface area contributed by atoms with Crippen molar-refractivity contribution in [3.63, 3.8) is 0 Å². The van der Waals surface area contributed by atoms with Gasteiger partial charge in [0.15, 0.2) is 5.65 Å². The molecule has 3 aromatic rings. The van der Waals surface area contributed by atoms with Gasteiger partial charge in [0.05, 0.1) is 18.0 Å². The van der Waals surface area contributed by atoms with Crippen LogP contribution >= 0.6 is 0 Å². The van der Waals surface area contributed by atoms with E-state index in [0.717, 1.165) is 22.7 Å². The third-order valence-corrected chi connectivity index (χ3v) is 4.29. The number of nitrogens with zero attached hydrogens (tertiary/aromatic N) is 4. The average molecular weight is 381 g/mol. The van der Waals surface area contributed by atoms with Crippen molar-refractivity contribution in [3.05, 3.63) is 48.7 Å². The maximum absolute atomic E-state index is 12.2. The summed E-state index contributed by atoms with van der Waals surface area (Å²) in [6.07, 6.45) is 1.39. The van der Waals surface area contributed by atoms with Gasteiger partial charge in [0, 0.05) is 24.7 Å². The first-order valence-electron chi connectivity index (χ1n) is 9.57. The third-order valence-electron chi connectivity index (χ3n) is 4.29. The first kappa shape index (κ1) is 19.7. The Hall–Kier alpha value is -3.09. The molecule has 2 heterocycles. The van der Waals surface area contributed by atoms with Gasteiger partial charge in [-0.15, -0.1) is 5.10 Å². The molecule has 2 aromatic heterocycles. The summed E-state index contributed by atoms with van der Waals surface area (Å²) in [6.45, 7) is 8.75. The molecular formula is C21H27N5O2. The van der Waals surface area contributed by atoms with Crippen molar-refractivity contribution in [2.24, 2.45) is 0 Å². The Morgan fingerprint density at radius 2 is 1.89 bits per heavy atom. The molecule has 148 valence electrons. The van der Waals surface area contributed by atoms with Crippen molar-refractivity contribution in [2.75, 3.05) is 18.4 Å². The Kier molecular flexibility index (Phi) is 6.13. The average Bonchev–Trinajstić information content (AvgIpc) is 3.08. The van der Waals surface area contributed by atoms with Crippen LogP contribution in [-0.4, -0.2) is 50.8 Å². The number of hydrogen-bond acceptors (Lipinski definition) is 5. The summed E-state index contributed by atoms with van der Waals surface area (Å²) in [5, 5.41) is 7.94. The number of imidazole rings is 1. The zero-order valence-corrected chi connectivity index (χ0v) is 16.8. The van der Waals surface area contributed by atoms with E-state index in [2.05, 4.69) is 15.4 Å². The number of carbonyl (C=O) groups is 1. The van der Waals surface area contributed by atoms with Crippen molar-refractivity contribution in [3.8, 4) is 11.3 Å². The summed E-state index contributed by atoms with van der Waals surface area (Å²) in [7, 11) is 0. The number of carbonyl (C=O) groups excluding carboxylic acids is 1. The first-order valence-corrected chi connectivity index (χ1v) is 9.57. The maximum atomic E-state index is 12.2. The summed E-state index contributed by atoms with van der Waals surface area (Å²) >= 11 is 0. The van der Waals surface area contributed by atoms with E-state index in [4.69, 9.17) is 4.74 Å². The van der Waals surface area contributed by atoms with Gasteiger partial charge in [-0.3, -0.25) is 0 Å². The number of anilines is 1. The van der Waals surface area contributed by atoms with Gasteiger partial charge in [-0.1, -0.05) is 30.3 Å². The van der Waals surface area contributed by atoms with Crippen LogP contribution in [0.25, 0.3) is 16.9 Å². The molecule has 28 heavy (non-hydrogen) atoms. The van der Waals surface area contributed by atoms with E-state index >= 15 is 0 Å². The van der Waals surface area contributed by atoms with E-state index in [1.807, 2.05) is 80.9 Å². The molecule has 0 radical (unpaired) electrons. The van der Waals surface area contributed by atoms with E-state index in [1.165, 1.54) is 0 Å². The van der Waals surface area contributed by atoms with Crippen molar-refractivity contribution in [1.29, 1.82) is 0 Å². The highest BCUT2D eigenvalue weighted by Gasteiger charge is 2.19. The van der Waals surface area contributed by atoms with Gasteiger partial charge < -0.3 is 15.0 Å². The third kappa shape index (κ3) is 4.60. The monoisotopic (exact) mass is 381 g/mol. The summed E-state index contributed by atoms with van der Waals surface area (Å²) in [6, 6.07) is 13.9. The number of rotatable bonds is 7. The minimum atomic E-state index is -0.295. The van der Waals surface area contributed by atoms with Gasteiger partial charge >= 0.3 is 6.09 Å². The molecule has 1 amide bonds. The molecule has 1 N–H and O–H groups in total. The van der Waals surface area contributed by atoms with Crippen LogP contribution in [0.3, 0.4) is 0 Å². The van der Waals surface area contributed by atoms with Crippen LogP contribution < -0.4 is 5.32 Å². The fraction of sp³-hybridized carbons (Fsp3) is 0.381. The van der Waals surface area contributed by atoms with Gasteiger partial charge in [-0.25, -0.2) is 14.3 Å². The molecule has 0 saturated heterocycles. The van der Waals surface area contributed by atoms with E-state index in [-0.39, 0.29) is 18.2 Å². The Morgan fingerprint density at radius 1 is 1.14 bits per heavy atom. The highest BCUT2D eigenvalue weighted by atomic mass is 16.6. The van der Waals surface area contributed by atoms with Crippen molar-refractivity contribution >= 4 is 17.6 Å². The van der Waals surface area contributed by atoms with Gasteiger partial charge in [-0.2, -0.15) is 0 Å². The molecule has 0 spiro atoms. The fourth-order valence-electron chi connectivity index (χ4n) is 2.91. The Labute approximate surface area is 165 Å². The van der Waals surface area contributed by atoms with E-state index in [0.29, 0.717) is 13.1 Å². The van der Waals surface area contributed by atoms with Gasteiger partial charge in [0.2, 0.25) is 0 Å². The van der Waals surface area contributed by atoms with Gasteiger partial charge in [-0.05, 0) is 39.8 Å². The number of aromatic nitrogens is 3. The lowest BCUT2D eigenvalue weighted by Crippen LogP contribution is -2.41. The fourth-order valence-corrected chi connectivity index (χ4v) is 2.91. The zero-order chi connectivity index (χ0) is 20.1. The number of ether oxygens (including phenoxy) is 1. The highest BCUT2D eigenvalue weighted by molar-refractivity contribution is 5.68. The SMILES string of the molecule is CC(C)OC(=O)N(CCNc1ccc2ncc(-c3ccccc3)n2n1)C(C)C. The van der Waals surface area contributed by atoms with Crippen molar-refractivity contribution in [2.45, 2.75) is 39.8 Å². The van der Waals surface area contributed by atoms with Crippen LogP contribution in [0.1, 0.15) is 27.7 Å². The Bertz CT molecular complexity index is 921. The molecule has 0 saturated carbocycles. The Balaban J connectivity index is 1.70. The second-order valence-electron chi connectivity index (χ2n) is 7.14. The molecule has 0 aliphatic rings. The van der Waals surface area contributed by atoms with Crippen LogP contribution in [-0.2, 0) is 4.74 Å². The molecule has 7 nitrogen and oxygen atoms in total. The van der Waals surface area contributed by atoms with Crippen LogP contribution in [0.15, 0.2) is 48.7 Å². The Morgan fingerprint density at radius 3 is 2.57 bits per heavy atom. The molecule has 0 atom stereocenters. The number of nitrogens with one attached hydrogen (secondary N) is 1. The number of hydrogen-bond donors (Lipinski definition) is 1. The maximum Gasteiger partial charge on any atom is 0.410 e. The molecule has 0 aliphatic heterocycles. The topological polar surface area (TPSA) is 71.8 Å². The molecule has 0 fully saturated rings. The standard InChI is InChI=1S/C21H27N5O2/c1-15(2)25(21(27)28-16(3)4)13-12-22-19-10-11-20-23-14-18(26(20)24-19)17-8-6-5-7-9-17/h5-11,14-16H,12-13H2,1-4H3,(H,22,24). The minimum absolute atomic E-state index is 0.0572. The summed E-state index contributed by atoms with van der Waals surface area (Å²) in [5.41, 5.74) is 2.78. The van der Waals surface area contributed by atoms with Crippen LogP contribution in [0.2, 0.25) is 0 Å². The molecule has 7 heteroatoms. The molecular weight excluding hydrogens is 354 g/mol. The van der Waals surface area contributed by atoms with Crippen LogP contribution in [0, 0.1) is 0 Å². The number of benzene rings is 1. The minimum Gasteiger partial charge on any atom is -0.447 e. The second-order valence-corrected chi connectivity index (χ2v) is 7.14. The van der Waals surface area contributed by atoms with E-state index in [1.54, 1.807) is 4.90 Å². The van der Waals surface area contributed by atoms with E-state index in [9.17, 15) is 4.79 Å². The van der Waals surface area contributed by atoms with Crippen molar-refractivity contribution < 1.29 is 9.53 Å². The zero-order valence-electron chi connectivity index (χ0n) is 16.8. The highest BCUT2D eigenvalue weighted by Crippen LogP contribution is 2.20. The lowest BCUT2D eigenvalue weighted by molar-refractivity contribution is 0.0693.